The third-order valence-corrected chi connectivity index (χ3v) is 4.09. The number of rotatable bonds is 9. The third kappa shape index (κ3) is 7.13. The Morgan fingerprint density at radius 2 is 1.85 bits per heavy atom. The van der Waals surface area contributed by atoms with Gasteiger partial charge in [-0.25, -0.2) is 0 Å². The molecule has 1 aromatic carbocycles. The number of aryl methyl sites for hydroxylation is 1. The lowest BCUT2D eigenvalue weighted by atomic mass is 10.1. The van der Waals surface area contributed by atoms with Crippen LogP contribution in [-0.2, 0) is 12.8 Å². The molecule has 26 heavy (non-hydrogen) atoms. The van der Waals surface area contributed by atoms with Gasteiger partial charge in [0.2, 0.25) is 0 Å². The van der Waals surface area contributed by atoms with Gasteiger partial charge >= 0.3 is 0 Å². The summed E-state index contributed by atoms with van der Waals surface area (Å²) >= 11 is 0. The van der Waals surface area contributed by atoms with Gasteiger partial charge in [-0.15, -0.1) is 0 Å². The fourth-order valence-corrected chi connectivity index (χ4v) is 2.63. The van der Waals surface area contributed by atoms with E-state index in [2.05, 4.69) is 70.8 Å². The summed E-state index contributed by atoms with van der Waals surface area (Å²) in [4.78, 5) is 11.1. The van der Waals surface area contributed by atoms with Gasteiger partial charge in [0.05, 0.1) is 0 Å². The molecule has 2 rings (SSSR count). The zero-order valence-corrected chi connectivity index (χ0v) is 16.2. The van der Waals surface area contributed by atoms with Gasteiger partial charge in [-0.05, 0) is 49.6 Å². The molecule has 0 saturated heterocycles. The maximum Gasteiger partial charge on any atom is 0.191 e. The van der Waals surface area contributed by atoms with Crippen LogP contribution in [0.15, 0.2) is 53.7 Å². The van der Waals surface area contributed by atoms with Gasteiger partial charge in [0.25, 0.3) is 0 Å². The van der Waals surface area contributed by atoms with E-state index in [1.54, 1.807) is 0 Å². The molecule has 0 fully saturated rings. The average Bonchev–Trinajstić information content (AvgIpc) is 2.66. The lowest BCUT2D eigenvalue weighted by Crippen LogP contribution is -2.38. The highest BCUT2D eigenvalue weighted by molar-refractivity contribution is 5.79. The SMILES string of the molecule is CCNC(=NCCCc1ccc(N(C)C)cc1)NCCc1ccccn1. The molecule has 5 nitrogen and oxygen atoms in total. The van der Waals surface area contributed by atoms with E-state index in [0.29, 0.717) is 0 Å². The molecule has 1 heterocycles. The van der Waals surface area contributed by atoms with Crippen LogP contribution >= 0.6 is 0 Å². The van der Waals surface area contributed by atoms with Crippen LogP contribution in [0.4, 0.5) is 5.69 Å². The Balaban J connectivity index is 1.73. The van der Waals surface area contributed by atoms with E-state index in [1.165, 1.54) is 11.3 Å². The molecule has 2 aromatic rings. The molecule has 0 spiro atoms. The summed E-state index contributed by atoms with van der Waals surface area (Å²) < 4.78 is 0. The molecule has 0 aliphatic carbocycles. The summed E-state index contributed by atoms with van der Waals surface area (Å²) in [7, 11) is 4.12. The number of guanidine groups is 1. The van der Waals surface area contributed by atoms with Crippen molar-refractivity contribution in [1.82, 2.24) is 15.6 Å². The van der Waals surface area contributed by atoms with Gasteiger partial charge < -0.3 is 15.5 Å². The third-order valence-electron chi connectivity index (χ3n) is 4.09. The summed E-state index contributed by atoms with van der Waals surface area (Å²) in [6, 6.07) is 14.8. The molecule has 2 N–H and O–H groups in total. The summed E-state index contributed by atoms with van der Waals surface area (Å²) in [6.45, 7) is 4.59. The van der Waals surface area contributed by atoms with Crippen LogP contribution in [-0.4, -0.2) is 44.7 Å². The van der Waals surface area contributed by atoms with Crippen molar-refractivity contribution in [2.75, 3.05) is 38.6 Å². The fourth-order valence-electron chi connectivity index (χ4n) is 2.63. The minimum atomic E-state index is 0.814. The first-order valence-corrected chi connectivity index (χ1v) is 9.37. The molecule has 0 aliphatic heterocycles. The molecule has 0 atom stereocenters. The summed E-state index contributed by atoms with van der Waals surface area (Å²) in [5.74, 6) is 0.881. The van der Waals surface area contributed by atoms with Gasteiger partial charge in [0.1, 0.15) is 0 Å². The molecule has 0 bridgehead atoms. The Morgan fingerprint density at radius 1 is 1.04 bits per heavy atom. The first kappa shape index (κ1) is 19.8. The number of nitrogens with one attached hydrogen (secondary N) is 2. The zero-order valence-electron chi connectivity index (χ0n) is 16.2. The van der Waals surface area contributed by atoms with E-state index >= 15 is 0 Å². The van der Waals surface area contributed by atoms with Crippen molar-refractivity contribution in [2.45, 2.75) is 26.2 Å². The predicted octanol–water partition coefficient (Wildman–Crippen LogP) is 2.88. The van der Waals surface area contributed by atoms with Crippen LogP contribution in [0.1, 0.15) is 24.6 Å². The van der Waals surface area contributed by atoms with Crippen molar-refractivity contribution < 1.29 is 0 Å². The zero-order chi connectivity index (χ0) is 18.6. The number of hydrogen-bond donors (Lipinski definition) is 2. The quantitative estimate of drug-likeness (QED) is 0.413. The maximum absolute atomic E-state index is 4.67. The van der Waals surface area contributed by atoms with E-state index in [1.807, 2.05) is 24.4 Å². The predicted molar refractivity (Wildman–Crippen MR) is 111 cm³/mol. The number of aliphatic imine (C=N–C) groups is 1. The van der Waals surface area contributed by atoms with Crippen molar-refractivity contribution in [2.24, 2.45) is 4.99 Å². The molecular weight excluding hydrogens is 322 g/mol. The van der Waals surface area contributed by atoms with Gasteiger partial charge in [-0.2, -0.15) is 0 Å². The lowest BCUT2D eigenvalue weighted by molar-refractivity contribution is 0.770. The Labute approximate surface area is 157 Å². The lowest BCUT2D eigenvalue weighted by Gasteiger charge is -2.13. The number of pyridine rings is 1. The van der Waals surface area contributed by atoms with E-state index in [-0.39, 0.29) is 0 Å². The molecule has 5 heteroatoms. The minimum Gasteiger partial charge on any atom is -0.378 e. The van der Waals surface area contributed by atoms with Gasteiger partial charge in [-0.3, -0.25) is 9.98 Å². The number of nitrogens with zero attached hydrogens (tertiary/aromatic N) is 3. The number of hydrogen-bond acceptors (Lipinski definition) is 3. The highest BCUT2D eigenvalue weighted by Gasteiger charge is 1.99. The van der Waals surface area contributed by atoms with Crippen LogP contribution in [0.5, 0.6) is 0 Å². The molecule has 1 aromatic heterocycles. The van der Waals surface area contributed by atoms with Gasteiger partial charge in [0, 0.05) is 57.7 Å². The van der Waals surface area contributed by atoms with Crippen LogP contribution in [0, 0.1) is 0 Å². The normalized spacial score (nSPS) is 11.3. The summed E-state index contributed by atoms with van der Waals surface area (Å²) in [5, 5.41) is 6.68. The smallest absolute Gasteiger partial charge is 0.191 e. The van der Waals surface area contributed by atoms with Crippen LogP contribution in [0.2, 0.25) is 0 Å². The van der Waals surface area contributed by atoms with Crippen molar-refractivity contribution in [1.29, 1.82) is 0 Å². The van der Waals surface area contributed by atoms with Crippen LogP contribution in [0.3, 0.4) is 0 Å². The first-order valence-electron chi connectivity index (χ1n) is 9.37. The molecule has 0 radical (unpaired) electrons. The average molecular weight is 354 g/mol. The largest absolute Gasteiger partial charge is 0.378 e. The molecular formula is C21H31N5. The summed E-state index contributed by atoms with van der Waals surface area (Å²) in [5.41, 5.74) is 3.69. The van der Waals surface area contributed by atoms with Crippen LogP contribution in [0.25, 0.3) is 0 Å². The second kappa shape index (κ2) is 11.1. The monoisotopic (exact) mass is 353 g/mol. The van der Waals surface area contributed by atoms with Crippen LogP contribution < -0.4 is 15.5 Å². The van der Waals surface area contributed by atoms with E-state index in [9.17, 15) is 0 Å². The molecule has 0 saturated carbocycles. The highest BCUT2D eigenvalue weighted by Crippen LogP contribution is 2.13. The second-order valence-electron chi connectivity index (χ2n) is 6.42. The summed E-state index contributed by atoms with van der Waals surface area (Å²) in [6.07, 6.45) is 4.81. The standard InChI is InChI=1S/C21H31N5/c1-4-22-21(25-17-14-19-9-5-6-15-23-19)24-16-7-8-18-10-12-20(13-11-18)26(2)3/h5-6,9-13,15H,4,7-8,14,16-17H2,1-3H3,(H2,22,24,25). The Morgan fingerprint density at radius 3 is 2.50 bits per heavy atom. The van der Waals surface area contributed by atoms with Crippen molar-refractivity contribution in [3.8, 4) is 0 Å². The molecule has 140 valence electrons. The Kier molecular flexibility index (Phi) is 8.46. The van der Waals surface area contributed by atoms with E-state index in [0.717, 1.165) is 50.6 Å². The number of benzene rings is 1. The van der Waals surface area contributed by atoms with Gasteiger partial charge in [0.15, 0.2) is 5.96 Å². The van der Waals surface area contributed by atoms with Gasteiger partial charge in [-0.1, -0.05) is 18.2 Å². The minimum absolute atomic E-state index is 0.814. The molecule has 0 amide bonds. The maximum atomic E-state index is 4.67. The van der Waals surface area contributed by atoms with Crippen molar-refractivity contribution in [3.05, 3.63) is 59.9 Å². The van der Waals surface area contributed by atoms with E-state index < -0.39 is 0 Å². The Bertz CT molecular complexity index is 650. The first-order chi connectivity index (χ1) is 12.7. The van der Waals surface area contributed by atoms with E-state index in [4.69, 9.17) is 0 Å². The highest BCUT2D eigenvalue weighted by atomic mass is 15.2. The topological polar surface area (TPSA) is 52.6 Å². The van der Waals surface area contributed by atoms with Crippen molar-refractivity contribution >= 4 is 11.6 Å². The molecule has 0 unspecified atom stereocenters. The molecule has 0 aliphatic rings. The number of anilines is 1. The van der Waals surface area contributed by atoms with Crippen molar-refractivity contribution in [3.63, 3.8) is 0 Å². The fraction of sp³-hybridized carbons (Fsp3) is 0.429. The number of aromatic nitrogens is 1. The second-order valence-corrected chi connectivity index (χ2v) is 6.42. The Hall–Kier alpha value is -2.56.